The van der Waals surface area contributed by atoms with Crippen molar-refractivity contribution in [1.29, 1.82) is 0 Å². The molecule has 5 heteroatoms. The zero-order valence-electron chi connectivity index (χ0n) is 6.06. The number of amidine groups is 1. The monoisotopic (exact) mass is 163 g/mol. The van der Waals surface area contributed by atoms with Crippen molar-refractivity contribution in [2.75, 3.05) is 0 Å². The standard InChI is InChI=1S/C7H5N3O2/c11-7(12)6-9-4-1-2-8-3-5(4)10-6/h2-3H,1H2,(H,11,12). The highest BCUT2D eigenvalue weighted by atomic mass is 16.4. The maximum absolute atomic E-state index is 10.4. The molecule has 0 aromatic rings. The van der Waals surface area contributed by atoms with Crippen molar-refractivity contribution in [3.63, 3.8) is 0 Å². The molecule has 2 rings (SSSR count). The van der Waals surface area contributed by atoms with E-state index in [1.807, 2.05) is 0 Å². The van der Waals surface area contributed by atoms with Crippen molar-refractivity contribution in [2.45, 2.75) is 6.42 Å². The van der Waals surface area contributed by atoms with E-state index in [2.05, 4.69) is 15.0 Å². The second kappa shape index (κ2) is 2.37. The highest BCUT2D eigenvalue weighted by Gasteiger charge is 2.21. The molecular formula is C7H5N3O2. The number of carboxylic acids is 1. The molecule has 2 aliphatic heterocycles. The minimum atomic E-state index is -1.10. The molecule has 0 atom stereocenters. The predicted octanol–water partition coefficient (Wildman–Crippen LogP) is 0.240. The third kappa shape index (κ3) is 0.952. The van der Waals surface area contributed by atoms with Crippen LogP contribution in [0.25, 0.3) is 0 Å². The van der Waals surface area contributed by atoms with Gasteiger partial charge >= 0.3 is 5.97 Å². The minimum absolute atomic E-state index is 0.151. The Morgan fingerprint density at radius 2 is 2.33 bits per heavy atom. The summed E-state index contributed by atoms with van der Waals surface area (Å²) in [7, 11) is 0. The molecule has 0 fully saturated rings. The Hall–Kier alpha value is -1.78. The Labute approximate surface area is 67.9 Å². The summed E-state index contributed by atoms with van der Waals surface area (Å²) in [5, 5.41) is 8.55. The summed E-state index contributed by atoms with van der Waals surface area (Å²) < 4.78 is 0. The minimum Gasteiger partial charge on any atom is -0.475 e. The Balaban J connectivity index is 2.38. The van der Waals surface area contributed by atoms with Gasteiger partial charge < -0.3 is 5.11 Å². The molecule has 0 aliphatic carbocycles. The number of hydrogen-bond acceptors (Lipinski definition) is 4. The first-order chi connectivity index (χ1) is 5.77. The number of nitrogens with zero attached hydrogens (tertiary/aromatic N) is 3. The molecule has 0 spiro atoms. The fraction of sp³-hybridized carbons (Fsp3) is 0.143. The Morgan fingerprint density at radius 3 is 3.00 bits per heavy atom. The Kier molecular flexibility index (Phi) is 1.36. The second-order valence-electron chi connectivity index (χ2n) is 2.35. The Bertz CT molecular complexity index is 360. The molecule has 0 saturated carbocycles. The van der Waals surface area contributed by atoms with Gasteiger partial charge in [-0.3, -0.25) is 4.99 Å². The zero-order valence-corrected chi connectivity index (χ0v) is 6.06. The summed E-state index contributed by atoms with van der Waals surface area (Å²) in [6.45, 7) is 0. The summed E-state index contributed by atoms with van der Waals surface area (Å²) in [4.78, 5) is 21.9. The van der Waals surface area contributed by atoms with Gasteiger partial charge in [-0.15, -0.1) is 0 Å². The van der Waals surface area contributed by atoms with Crippen molar-refractivity contribution in [3.05, 3.63) is 11.9 Å². The number of hydrogen-bond donors (Lipinski definition) is 1. The van der Waals surface area contributed by atoms with Gasteiger partial charge in [-0.1, -0.05) is 0 Å². The van der Waals surface area contributed by atoms with Gasteiger partial charge in [-0.05, 0) is 0 Å². The quantitative estimate of drug-likeness (QED) is 0.601. The van der Waals surface area contributed by atoms with Crippen LogP contribution in [0.1, 0.15) is 6.42 Å². The molecule has 0 amide bonds. The van der Waals surface area contributed by atoms with Gasteiger partial charge in [0.15, 0.2) is 0 Å². The topological polar surface area (TPSA) is 74.4 Å². The molecule has 0 aromatic heterocycles. The van der Waals surface area contributed by atoms with Crippen molar-refractivity contribution < 1.29 is 9.90 Å². The van der Waals surface area contributed by atoms with E-state index in [-0.39, 0.29) is 5.84 Å². The molecule has 0 bridgehead atoms. The van der Waals surface area contributed by atoms with E-state index >= 15 is 0 Å². The molecule has 12 heavy (non-hydrogen) atoms. The summed E-state index contributed by atoms with van der Waals surface area (Å²) in [6.07, 6.45) is 3.74. The van der Waals surface area contributed by atoms with E-state index in [1.54, 1.807) is 6.21 Å². The first-order valence-electron chi connectivity index (χ1n) is 3.39. The summed E-state index contributed by atoms with van der Waals surface area (Å²) >= 11 is 0. The van der Waals surface area contributed by atoms with Crippen LogP contribution in [0.2, 0.25) is 0 Å². The van der Waals surface area contributed by atoms with E-state index in [0.29, 0.717) is 17.8 Å². The van der Waals surface area contributed by atoms with Gasteiger partial charge in [0.25, 0.3) is 0 Å². The molecule has 2 aliphatic rings. The van der Waals surface area contributed by atoms with Gasteiger partial charge in [0.1, 0.15) is 5.70 Å². The van der Waals surface area contributed by atoms with E-state index in [4.69, 9.17) is 5.11 Å². The molecule has 0 radical (unpaired) electrons. The Morgan fingerprint density at radius 1 is 1.50 bits per heavy atom. The van der Waals surface area contributed by atoms with E-state index in [0.717, 1.165) is 0 Å². The van der Waals surface area contributed by atoms with Gasteiger partial charge in [0.2, 0.25) is 5.84 Å². The van der Waals surface area contributed by atoms with Gasteiger partial charge in [0.05, 0.1) is 11.9 Å². The highest BCUT2D eigenvalue weighted by Crippen LogP contribution is 2.15. The van der Waals surface area contributed by atoms with Crippen molar-refractivity contribution >= 4 is 23.7 Å². The summed E-state index contributed by atoms with van der Waals surface area (Å²) in [6, 6.07) is 0. The predicted molar refractivity (Wildman–Crippen MR) is 43.7 cm³/mol. The molecule has 5 nitrogen and oxygen atoms in total. The normalized spacial score (nSPS) is 19.5. The fourth-order valence-electron chi connectivity index (χ4n) is 1.00. The number of aliphatic carboxylic acids is 1. The largest absolute Gasteiger partial charge is 0.475 e. The van der Waals surface area contributed by atoms with Crippen LogP contribution in [0.4, 0.5) is 0 Å². The molecule has 0 unspecified atom stereocenters. The van der Waals surface area contributed by atoms with Gasteiger partial charge in [-0.2, -0.15) is 0 Å². The number of carboxylic acid groups (broad SMARTS) is 1. The third-order valence-corrected chi connectivity index (χ3v) is 1.54. The van der Waals surface area contributed by atoms with Crippen LogP contribution in [-0.4, -0.2) is 28.8 Å². The lowest BCUT2D eigenvalue weighted by Gasteiger charge is -1.98. The van der Waals surface area contributed by atoms with E-state index in [1.165, 1.54) is 6.20 Å². The number of aliphatic imine (C=N–C) groups is 3. The fourth-order valence-corrected chi connectivity index (χ4v) is 1.00. The van der Waals surface area contributed by atoms with Crippen LogP contribution in [-0.2, 0) is 4.79 Å². The molecular weight excluding hydrogens is 158 g/mol. The van der Waals surface area contributed by atoms with Gasteiger partial charge in [0, 0.05) is 12.6 Å². The van der Waals surface area contributed by atoms with Crippen LogP contribution in [0.15, 0.2) is 26.9 Å². The number of allylic oxidation sites excluding steroid dienone is 1. The number of fused-ring (bicyclic) bond motifs is 1. The van der Waals surface area contributed by atoms with Crippen LogP contribution < -0.4 is 0 Å². The average Bonchev–Trinajstić information content (AvgIpc) is 2.46. The van der Waals surface area contributed by atoms with Crippen LogP contribution in [0.5, 0.6) is 0 Å². The van der Waals surface area contributed by atoms with E-state index in [9.17, 15) is 4.79 Å². The average molecular weight is 163 g/mol. The highest BCUT2D eigenvalue weighted by molar-refractivity contribution is 6.40. The van der Waals surface area contributed by atoms with E-state index < -0.39 is 5.97 Å². The first-order valence-corrected chi connectivity index (χ1v) is 3.39. The number of rotatable bonds is 1. The van der Waals surface area contributed by atoms with Crippen LogP contribution in [0, 0.1) is 0 Å². The molecule has 60 valence electrons. The van der Waals surface area contributed by atoms with Crippen molar-refractivity contribution in [3.8, 4) is 0 Å². The zero-order chi connectivity index (χ0) is 8.55. The van der Waals surface area contributed by atoms with Crippen molar-refractivity contribution in [1.82, 2.24) is 0 Å². The first kappa shape index (κ1) is 6.90. The lowest BCUT2D eigenvalue weighted by Crippen LogP contribution is -2.07. The van der Waals surface area contributed by atoms with Crippen molar-refractivity contribution in [2.24, 2.45) is 15.0 Å². The molecule has 0 aromatic carbocycles. The van der Waals surface area contributed by atoms with Crippen LogP contribution in [0.3, 0.4) is 0 Å². The second-order valence-corrected chi connectivity index (χ2v) is 2.35. The molecule has 0 saturated heterocycles. The summed E-state index contributed by atoms with van der Waals surface area (Å²) in [5.74, 6) is -1.25. The smallest absolute Gasteiger partial charge is 0.373 e. The lowest BCUT2D eigenvalue weighted by atomic mass is 10.2. The summed E-state index contributed by atoms with van der Waals surface area (Å²) in [5.41, 5.74) is 1.25. The third-order valence-electron chi connectivity index (χ3n) is 1.54. The van der Waals surface area contributed by atoms with Gasteiger partial charge in [-0.25, -0.2) is 14.8 Å². The SMILES string of the molecule is O=C(O)C1=NC2=CN=CCC2=N1. The van der Waals surface area contributed by atoms with Crippen LogP contribution >= 0.6 is 0 Å². The maximum Gasteiger partial charge on any atom is 0.373 e. The number of carbonyl (C=O) groups is 1. The molecule has 2 heterocycles. The molecule has 1 N–H and O–H groups in total. The maximum atomic E-state index is 10.4. The lowest BCUT2D eigenvalue weighted by molar-refractivity contribution is -0.129.